The number of hydrogen-bond donors (Lipinski definition) is 1. The predicted molar refractivity (Wildman–Crippen MR) is 127 cm³/mol. The number of aromatic nitrogens is 1. The highest BCUT2D eigenvalue weighted by molar-refractivity contribution is 7.92. The third kappa shape index (κ3) is 4.30. The quantitative estimate of drug-likeness (QED) is 0.444. The maximum atomic E-state index is 13.0. The maximum Gasteiger partial charge on any atom is 0.264 e. The standard InChI is InChI=1S/C23H21N3O4S2/c1-15-4-13-20-21(14-15)31-23(24-20)25-22(27)16-5-11-19(12-6-16)32(28,29)26(2)17-7-9-18(30-3)10-8-17/h4-14H,1-3H3,(H,24,25,27). The van der Waals surface area contributed by atoms with Crippen LogP contribution in [0.4, 0.5) is 10.8 Å². The largest absolute Gasteiger partial charge is 0.497 e. The zero-order valence-electron chi connectivity index (χ0n) is 17.7. The van der Waals surface area contributed by atoms with Gasteiger partial charge in [0.2, 0.25) is 0 Å². The number of carbonyl (C=O) groups is 1. The van der Waals surface area contributed by atoms with Crippen molar-refractivity contribution in [3.8, 4) is 5.75 Å². The molecule has 0 aliphatic heterocycles. The van der Waals surface area contributed by atoms with E-state index in [2.05, 4.69) is 10.3 Å². The normalized spacial score (nSPS) is 11.3. The predicted octanol–water partition coefficient (Wildman–Crippen LogP) is 4.69. The van der Waals surface area contributed by atoms with Crippen LogP contribution in [0.15, 0.2) is 71.6 Å². The molecular weight excluding hydrogens is 446 g/mol. The van der Waals surface area contributed by atoms with Gasteiger partial charge in [0.05, 0.1) is 27.9 Å². The van der Waals surface area contributed by atoms with Crippen molar-refractivity contribution >= 4 is 48.3 Å². The molecule has 164 valence electrons. The molecule has 7 nitrogen and oxygen atoms in total. The van der Waals surface area contributed by atoms with Crippen molar-refractivity contribution in [3.63, 3.8) is 0 Å². The van der Waals surface area contributed by atoms with E-state index in [1.807, 2.05) is 25.1 Å². The van der Waals surface area contributed by atoms with Crippen LogP contribution in [0, 0.1) is 6.92 Å². The minimum atomic E-state index is -3.78. The summed E-state index contributed by atoms with van der Waals surface area (Å²) in [4.78, 5) is 17.1. The number of benzene rings is 3. The monoisotopic (exact) mass is 467 g/mol. The number of carbonyl (C=O) groups excluding carboxylic acids is 1. The number of hydrogen-bond acceptors (Lipinski definition) is 6. The SMILES string of the molecule is COc1ccc(N(C)S(=O)(=O)c2ccc(C(=O)Nc3nc4ccc(C)cc4s3)cc2)cc1. The fourth-order valence-electron chi connectivity index (χ4n) is 3.12. The first kappa shape index (κ1) is 21.8. The van der Waals surface area contributed by atoms with Gasteiger partial charge in [-0.25, -0.2) is 13.4 Å². The van der Waals surface area contributed by atoms with Crippen LogP contribution in [-0.2, 0) is 10.0 Å². The Bertz CT molecular complexity index is 1380. The van der Waals surface area contributed by atoms with Crippen molar-refractivity contribution in [1.29, 1.82) is 0 Å². The fourth-order valence-corrected chi connectivity index (χ4v) is 5.28. The molecule has 1 amide bonds. The highest BCUT2D eigenvalue weighted by Crippen LogP contribution is 2.28. The first-order valence-corrected chi connectivity index (χ1v) is 12.0. The molecule has 0 fully saturated rings. The van der Waals surface area contributed by atoms with Crippen LogP contribution in [0.5, 0.6) is 5.75 Å². The summed E-state index contributed by atoms with van der Waals surface area (Å²) >= 11 is 1.39. The van der Waals surface area contributed by atoms with Crippen LogP contribution >= 0.6 is 11.3 Å². The van der Waals surface area contributed by atoms with Crippen molar-refractivity contribution in [3.05, 3.63) is 77.9 Å². The second-order valence-corrected chi connectivity index (χ2v) is 10.1. The van der Waals surface area contributed by atoms with Crippen molar-refractivity contribution in [1.82, 2.24) is 4.98 Å². The first-order valence-electron chi connectivity index (χ1n) is 9.69. The Morgan fingerprint density at radius 2 is 1.72 bits per heavy atom. The Hall–Kier alpha value is -3.43. The molecule has 1 heterocycles. The van der Waals surface area contributed by atoms with Gasteiger partial charge in [0.25, 0.3) is 15.9 Å². The van der Waals surface area contributed by atoms with E-state index in [9.17, 15) is 13.2 Å². The molecule has 0 radical (unpaired) electrons. The molecule has 0 unspecified atom stereocenters. The average Bonchev–Trinajstić information content (AvgIpc) is 3.19. The summed E-state index contributed by atoms with van der Waals surface area (Å²) in [6.07, 6.45) is 0. The van der Waals surface area contributed by atoms with Gasteiger partial charge < -0.3 is 4.74 Å². The van der Waals surface area contributed by atoms with E-state index in [1.165, 1.54) is 47.0 Å². The van der Waals surface area contributed by atoms with Crippen molar-refractivity contribution in [2.24, 2.45) is 0 Å². The van der Waals surface area contributed by atoms with E-state index < -0.39 is 10.0 Å². The number of aryl methyl sites for hydroxylation is 1. The minimum absolute atomic E-state index is 0.0860. The third-order valence-electron chi connectivity index (χ3n) is 4.98. The first-order chi connectivity index (χ1) is 15.3. The van der Waals surface area contributed by atoms with Crippen LogP contribution in [0.2, 0.25) is 0 Å². The fraction of sp³-hybridized carbons (Fsp3) is 0.130. The third-order valence-corrected chi connectivity index (χ3v) is 7.71. The lowest BCUT2D eigenvalue weighted by molar-refractivity contribution is 0.102. The van der Waals surface area contributed by atoms with E-state index >= 15 is 0 Å². The molecule has 3 aromatic carbocycles. The molecular formula is C23H21N3O4S2. The number of sulfonamides is 1. The van der Waals surface area contributed by atoms with Gasteiger partial charge >= 0.3 is 0 Å². The van der Waals surface area contributed by atoms with E-state index in [1.54, 1.807) is 31.4 Å². The smallest absolute Gasteiger partial charge is 0.264 e. The number of methoxy groups -OCH3 is 1. The van der Waals surface area contributed by atoms with Crippen LogP contribution in [0.3, 0.4) is 0 Å². The molecule has 4 aromatic rings. The average molecular weight is 468 g/mol. The summed E-state index contributed by atoms with van der Waals surface area (Å²) in [7, 11) is -0.759. The Morgan fingerprint density at radius 1 is 1.03 bits per heavy atom. The number of rotatable bonds is 6. The molecule has 0 aliphatic rings. The van der Waals surface area contributed by atoms with E-state index in [-0.39, 0.29) is 10.8 Å². The summed E-state index contributed by atoms with van der Waals surface area (Å²) in [6, 6.07) is 18.4. The van der Waals surface area contributed by atoms with Crippen LogP contribution < -0.4 is 14.4 Å². The minimum Gasteiger partial charge on any atom is -0.497 e. The zero-order valence-corrected chi connectivity index (χ0v) is 19.3. The number of amides is 1. The molecule has 1 aromatic heterocycles. The molecule has 4 rings (SSSR count). The Kier molecular flexibility index (Phi) is 5.86. The van der Waals surface area contributed by atoms with Crippen LogP contribution in [0.25, 0.3) is 10.2 Å². The number of thiazole rings is 1. The molecule has 0 saturated heterocycles. The maximum absolute atomic E-state index is 13.0. The molecule has 0 aliphatic carbocycles. The molecule has 0 atom stereocenters. The lowest BCUT2D eigenvalue weighted by Crippen LogP contribution is -2.26. The highest BCUT2D eigenvalue weighted by Gasteiger charge is 2.22. The Balaban J connectivity index is 1.51. The van der Waals surface area contributed by atoms with Gasteiger partial charge in [0, 0.05) is 12.6 Å². The van der Waals surface area contributed by atoms with E-state index in [0.29, 0.717) is 22.1 Å². The van der Waals surface area contributed by atoms with Crippen LogP contribution in [0.1, 0.15) is 15.9 Å². The lowest BCUT2D eigenvalue weighted by Gasteiger charge is -2.20. The Morgan fingerprint density at radius 3 is 2.38 bits per heavy atom. The van der Waals surface area contributed by atoms with E-state index in [0.717, 1.165) is 15.8 Å². The molecule has 0 bridgehead atoms. The molecule has 0 saturated carbocycles. The van der Waals surface area contributed by atoms with Gasteiger partial charge in [-0.15, -0.1) is 0 Å². The summed E-state index contributed by atoms with van der Waals surface area (Å²) in [5.74, 6) is 0.284. The summed E-state index contributed by atoms with van der Waals surface area (Å²) in [5.41, 5.74) is 2.78. The number of ether oxygens (including phenoxy) is 1. The van der Waals surface area contributed by atoms with Gasteiger partial charge in [-0.3, -0.25) is 14.4 Å². The molecule has 1 N–H and O–H groups in total. The second kappa shape index (κ2) is 8.60. The molecule has 9 heteroatoms. The van der Waals surface area contributed by atoms with Crippen molar-refractivity contribution in [2.45, 2.75) is 11.8 Å². The van der Waals surface area contributed by atoms with Crippen molar-refractivity contribution in [2.75, 3.05) is 23.8 Å². The number of nitrogens with one attached hydrogen (secondary N) is 1. The summed E-state index contributed by atoms with van der Waals surface area (Å²) < 4.78 is 33.2. The van der Waals surface area contributed by atoms with Crippen molar-refractivity contribution < 1.29 is 17.9 Å². The zero-order chi connectivity index (χ0) is 22.9. The van der Waals surface area contributed by atoms with Gasteiger partial charge in [0.15, 0.2) is 5.13 Å². The number of anilines is 2. The molecule has 32 heavy (non-hydrogen) atoms. The highest BCUT2D eigenvalue weighted by atomic mass is 32.2. The van der Waals surface area contributed by atoms with Crippen LogP contribution in [-0.4, -0.2) is 33.5 Å². The summed E-state index contributed by atoms with van der Waals surface area (Å²) in [6.45, 7) is 2.00. The van der Waals surface area contributed by atoms with Gasteiger partial charge in [-0.2, -0.15) is 0 Å². The summed E-state index contributed by atoms with van der Waals surface area (Å²) in [5, 5.41) is 3.27. The molecule has 0 spiro atoms. The Labute approximate surface area is 190 Å². The van der Waals surface area contributed by atoms with Gasteiger partial charge in [-0.1, -0.05) is 17.4 Å². The number of fused-ring (bicyclic) bond motifs is 1. The van der Waals surface area contributed by atoms with Gasteiger partial charge in [0.1, 0.15) is 5.75 Å². The topological polar surface area (TPSA) is 88.6 Å². The number of nitrogens with zero attached hydrogens (tertiary/aromatic N) is 2. The van der Waals surface area contributed by atoms with E-state index in [4.69, 9.17) is 4.74 Å². The lowest BCUT2D eigenvalue weighted by atomic mass is 10.2. The second-order valence-electron chi connectivity index (χ2n) is 7.14. The van der Waals surface area contributed by atoms with Gasteiger partial charge in [-0.05, 0) is 73.2 Å².